The van der Waals surface area contributed by atoms with Crippen LogP contribution in [0.3, 0.4) is 0 Å². The minimum atomic E-state index is -0.0845. The number of hydrogen-bond donors (Lipinski definition) is 1. The Morgan fingerprint density at radius 2 is 1.96 bits per heavy atom. The number of para-hydroxylation sites is 1. The van der Waals surface area contributed by atoms with Crippen molar-refractivity contribution in [2.75, 3.05) is 4.90 Å². The van der Waals surface area contributed by atoms with Gasteiger partial charge in [0.15, 0.2) is 0 Å². The van der Waals surface area contributed by atoms with Gasteiger partial charge in [0.05, 0.1) is 0 Å². The van der Waals surface area contributed by atoms with E-state index in [1.165, 1.54) is 18.4 Å². The third-order valence-electron chi connectivity index (χ3n) is 5.19. The van der Waals surface area contributed by atoms with Crippen molar-refractivity contribution < 1.29 is 4.79 Å². The number of rotatable bonds is 3. The normalized spacial score (nSPS) is 19.9. The van der Waals surface area contributed by atoms with Gasteiger partial charge in [-0.05, 0) is 50.8 Å². The first-order valence-electron chi connectivity index (χ1n) is 9.15. The minimum Gasteiger partial charge on any atom is -0.348 e. The van der Waals surface area contributed by atoms with Gasteiger partial charge in [-0.1, -0.05) is 31.0 Å². The minimum absolute atomic E-state index is 0.0845. The van der Waals surface area contributed by atoms with E-state index in [1.54, 1.807) is 6.07 Å². The largest absolute Gasteiger partial charge is 0.348 e. The summed E-state index contributed by atoms with van der Waals surface area (Å²) in [7, 11) is 0. The first-order valence-corrected chi connectivity index (χ1v) is 9.15. The van der Waals surface area contributed by atoms with Crippen LogP contribution in [0.1, 0.15) is 54.4 Å². The van der Waals surface area contributed by atoms with Gasteiger partial charge in [0.2, 0.25) is 5.95 Å². The number of aryl methyl sites for hydroxylation is 1. The van der Waals surface area contributed by atoms with Crippen molar-refractivity contribution in [2.24, 2.45) is 0 Å². The van der Waals surface area contributed by atoms with Crippen molar-refractivity contribution in [3.05, 3.63) is 47.3 Å². The molecule has 5 nitrogen and oxygen atoms in total. The van der Waals surface area contributed by atoms with E-state index < -0.39 is 0 Å². The SMILES string of the molecule is Cc1cc(C(=O)NC2CCCC2)nc(N2c3ccccc3CC2C)n1. The zero-order valence-corrected chi connectivity index (χ0v) is 14.8. The molecule has 1 fully saturated rings. The first kappa shape index (κ1) is 16.1. The van der Waals surface area contributed by atoms with E-state index in [2.05, 4.69) is 45.3 Å². The molecule has 5 heteroatoms. The summed E-state index contributed by atoms with van der Waals surface area (Å²) in [5.41, 5.74) is 3.73. The van der Waals surface area contributed by atoms with Gasteiger partial charge in [-0.3, -0.25) is 4.79 Å². The lowest BCUT2D eigenvalue weighted by Crippen LogP contribution is -2.34. The predicted molar refractivity (Wildman–Crippen MR) is 98.2 cm³/mol. The average molecular weight is 336 g/mol. The number of hydrogen-bond acceptors (Lipinski definition) is 4. The third-order valence-corrected chi connectivity index (χ3v) is 5.19. The van der Waals surface area contributed by atoms with Crippen molar-refractivity contribution in [1.29, 1.82) is 0 Å². The van der Waals surface area contributed by atoms with Crippen LogP contribution in [-0.2, 0) is 6.42 Å². The van der Waals surface area contributed by atoms with Crippen molar-refractivity contribution >= 4 is 17.5 Å². The number of anilines is 2. The van der Waals surface area contributed by atoms with E-state index in [0.29, 0.717) is 11.6 Å². The van der Waals surface area contributed by atoms with Crippen LogP contribution in [0, 0.1) is 6.92 Å². The fourth-order valence-corrected chi connectivity index (χ4v) is 3.98. The molecule has 1 atom stereocenters. The molecule has 130 valence electrons. The summed E-state index contributed by atoms with van der Waals surface area (Å²) in [5.74, 6) is 0.535. The van der Waals surface area contributed by atoms with Crippen LogP contribution in [0.4, 0.5) is 11.6 Å². The highest BCUT2D eigenvalue weighted by atomic mass is 16.1. The second kappa shape index (κ2) is 6.47. The maximum atomic E-state index is 12.6. The highest BCUT2D eigenvalue weighted by molar-refractivity contribution is 5.93. The zero-order chi connectivity index (χ0) is 17.4. The molecule has 2 heterocycles. The van der Waals surface area contributed by atoms with E-state index in [4.69, 9.17) is 0 Å². The fourth-order valence-electron chi connectivity index (χ4n) is 3.98. The molecule has 0 saturated heterocycles. The highest BCUT2D eigenvalue weighted by Gasteiger charge is 2.29. The maximum absolute atomic E-state index is 12.6. The summed E-state index contributed by atoms with van der Waals surface area (Å²) in [6.45, 7) is 4.09. The fraction of sp³-hybridized carbons (Fsp3) is 0.450. The van der Waals surface area contributed by atoms with Crippen molar-refractivity contribution in [1.82, 2.24) is 15.3 Å². The summed E-state index contributed by atoms with van der Waals surface area (Å²) < 4.78 is 0. The Bertz CT molecular complexity index is 798. The third kappa shape index (κ3) is 3.11. The summed E-state index contributed by atoms with van der Waals surface area (Å²) in [6.07, 6.45) is 5.50. The quantitative estimate of drug-likeness (QED) is 0.931. The van der Waals surface area contributed by atoms with Crippen LogP contribution in [0.15, 0.2) is 30.3 Å². The van der Waals surface area contributed by atoms with Crippen molar-refractivity contribution in [3.8, 4) is 0 Å². The van der Waals surface area contributed by atoms with Gasteiger partial charge in [0.25, 0.3) is 5.91 Å². The second-order valence-corrected chi connectivity index (χ2v) is 7.20. The molecule has 2 aliphatic rings. The molecule has 1 unspecified atom stereocenters. The molecule has 4 rings (SSSR count). The zero-order valence-electron chi connectivity index (χ0n) is 14.8. The van der Waals surface area contributed by atoms with Gasteiger partial charge >= 0.3 is 0 Å². The standard InChI is InChI=1S/C20H24N4O/c1-13-11-17(19(25)22-16-8-4-5-9-16)23-20(21-13)24-14(2)12-15-7-3-6-10-18(15)24/h3,6-7,10-11,14,16H,4-5,8-9,12H2,1-2H3,(H,22,25). The molecule has 1 aliphatic heterocycles. The Morgan fingerprint density at radius 1 is 1.20 bits per heavy atom. The van der Waals surface area contributed by atoms with E-state index in [1.807, 2.05) is 13.0 Å². The van der Waals surface area contributed by atoms with Crippen LogP contribution >= 0.6 is 0 Å². The van der Waals surface area contributed by atoms with Gasteiger partial charge in [-0.15, -0.1) is 0 Å². The van der Waals surface area contributed by atoms with Gasteiger partial charge in [-0.25, -0.2) is 9.97 Å². The lowest BCUT2D eigenvalue weighted by Gasteiger charge is -2.23. The molecule has 1 N–H and O–H groups in total. The molecule has 1 amide bonds. The molecular weight excluding hydrogens is 312 g/mol. The van der Waals surface area contributed by atoms with Crippen LogP contribution < -0.4 is 10.2 Å². The van der Waals surface area contributed by atoms with Gasteiger partial charge in [-0.2, -0.15) is 0 Å². The Morgan fingerprint density at radius 3 is 2.76 bits per heavy atom. The molecule has 1 aromatic carbocycles. The number of amides is 1. The Labute approximate surface area is 148 Å². The highest BCUT2D eigenvalue weighted by Crippen LogP contribution is 2.36. The molecule has 0 bridgehead atoms. The Kier molecular flexibility index (Phi) is 4.15. The molecule has 1 saturated carbocycles. The molecule has 25 heavy (non-hydrogen) atoms. The molecule has 2 aromatic rings. The average Bonchev–Trinajstić information content (AvgIpc) is 3.20. The van der Waals surface area contributed by atoms with Crippen LogP contribution in [0.25, 0.3) is 0 Å². The molecule has 1 aliphatic carbocycles. The smallest absolute Gasteiger partial charge is 0.270 e. The molecule has 0 spiro atoms. The summed E-state index contributed by atoms with van der Waals surface area (Å²) in [6, 6.07) is 10.7. The first-order chi connectivity index (χ1) is 12.1. The topological polar surface area (TPSA) is 58.1 Å². The second-order valence-electron chi connectivity index (χ2n) is 7.20. The number of carbonyl (C=O) groups excluding carboxylic acids is 1. The Hall–Kier alpha value is -2.43. The summed E-state index contributed by atoms with van der Waals surface area (Å²) >= 11 is 0. The van der Waals surface area contributed by atoms with Crippen molar-refractivity contribution in [2.45, 2.75) is 58.0 Å². The number of benzene rings is 1. The number of fused-ring (bicyclic) bond motifs is 1. The van der Waals surface area contributed by atoms with Gasteiger partial charge in [0, 0.05) is 23.5 Å². The van der Waals surface area contributed by atoms with Crippen LogP contribution in [-0.4, -0.2) is 28.0 Å². The molecule has 0 radical (unpaired) electrons. The lowest BCUT2D eigenvalue weighted by molar-refractivity contribution is 0.0932. The summed E-state index contributed by atoms with van der Waals surface area (Å²) in [4.78, 5) is 24.0. The van der Waals surface area contributed by atoms with Gasteiger partial charge in [0.1, 0.15) is 5.69 Å². The lowest BCUT2D eigenvalue weighted by atomic mass is 10.1. The molecular formula is C20H24N4O. The molecule has 1 aromatic heterocycles. The number of nitrogens with one attached hydrogen (secondary N) is 1. The summed E-state index contributed by atoms with van der Waals surface area (Å²) in [5, 5.41) is 3.12. The Balaban J connectivity index is 1.65. The number of aromatic nitrogens is 2. The number of nitrogens with zero attached hydrogens (tertiary/aromatic N) is 3. The van der Waals surface area contributed by atoms with Crippen LogP contribution in [0.5, 0.6) is 0 Å². The number of carbonyl (C=O) groups is 1. The van der Waals surface area contributed by atoms with E-state index in [9.17, 15) is 4.79 Å². The van der Waals surface area contributed by atoms with E-state index >= 15 is 0 Å². The van der Waals surface area contributed by atoms with Gasteiger partial charge < -0.3 is 10.2 Å². The maximum Gasteiger partial charge on any atom is 0.270 e. The monoisotopic (exact) mass is 336 g/mol. The van der Waals surface area contributed by atoms with E-state index in [0.717, 1.165) is 30.6 Å². The van der Waals surface area contributed by atoms with E-state index in [-0.39, 0.29) is 18.0 Å². The van der Waals surface area contributed by atoms with Crippen LogP contribution in [0.2, 0.25) is 0 Å². The van der Waals surface area contributed by atoms with Crippen molar-refractivity contribution in [3.63, 3.8) is 0 Å². The predicted octanol–water partition coefficient (Wildman–Crippen LogP) is 3.54.